The maximum absolute atomic E-state index is 6.43. The highest BCUT2D eigenvalue weighted by Crippen LogP contribution is 2.31. The van der Waals surface area contributed by atoms with Crippen molar-refractivity contribution in [1.82, 2.24) is 0 Å². The molecule has 1 heterocycles. The number of hydrogen-bond donors (Lipinski definition) is 0. The Balaban J connectivity index is 2.08. The molecule has 0 bridgehead atoms. The molecule has 0 fully saturated rings. The van der Waals surface area contributed by atoms with Gasteiger partial charge < -0.3 is 0 Å². The van der Waals surface area contributed by atoms with Crippen LogP contribution in [0.15, 0.2) is 36.4 Å². The van der Waals surface area contributed by atoms with Gasteiger partial charge in [-0.25, -0.2) is 0 Å². The van der Waals surface area contributed by atoms with Gasteiger partial charge in [0.15, 0.2) is 0 Å². The quantitative estimate of drug-likeness (QED) is 0.652. The van der Waals surface area contributed by atoms with E-state index in [1.165, 1.54) is 15.3 Å². The molecule has 0 saturated carbocycles. The SMILES string of the molecule is CCc1ccc(C(Cl)Cc2cccc(Cl)c2)s1. The summed E-state index contributed by atoms with van der Waals surface area (Å²) in [5, 5.41) is 0.811. The molecule has 2 aromatic rings. The standard InChI is InChI=1S/C14H14Cl2S/c1-2-12-6-7-14(17-12)13(16)9-10-4-3-5-11(15)8-10/h3-8,13H,2,9H2,1H3. The van der Waals surface area contributed by atoms with Crippen molar-refractivity contribution in [2.75, 3.05) is 0 Å². The zero-order valence-electron chi connectivity index (χ0n) is 9.62. The van der Waals surface area contributed by atoms with Gasteiger partial charge in [0.2, 0.25) is 0 Å². The zero-order chi connectivity index (χ0) is 12.3. The van der Waals surface area contributed by atoms with Crippen LogP contribution in [0.5, 0.6) is 0 Å². The molecule has 0 radical (unpaired) electrons. The van der Waals surface area contributed by atoms with Crippen LogP contribution in [0.1, 0.15) is 27.6 Å². The largest absolute Gasteiger partial charge is 0.144 e. The number of halogens is 2. The molecule has 1 aromatic carbocycles. The number of alkyl halides is 1. The molecule has 1 aromatic heterocycles. The number of rotatable bonds is 4. The molecule has 0 nitrogen and oxygen atoms in total. The van der Waals surface area contributed by atoms with Crippen LogP contribution in [0.3, 0.4) is 0 Å². The van der Waals surface area contributed by atoms with Gasteiger partial charge in [0.1, 0.15) is 0 Å². The van der Waals surface area contributed by atoms with E-state index >= 15 is 0 Å². The van der Waals surface area contributed by atoms with E-state index in [1.807, 2.05) is 18.2 Å². The second kappa shape index (κ2) is 5.90. The maximum Gasteiger partial charge on any atom is 0.0718 e. The van der Waals surface area contributed by atoms with Crippen LogP contribution in [0.2, 0.25) is 5.02 Å². The highest BCUT2D eigenvalue weighted by molar-refractivity contribution is 7.12. The Morgan fingerprint density at radius 1 is 1.24 bits per heavy atom. The highest BCUT2D eigenvalue weighted by Gasteiger charge is 2.11. The fraction of sp³-hybridized carbons (Fsp3) is 0.286. The van der Waals surface area contributed by atoms with E-state index in [2.05, 4.69) is 25.1 Å². The summed E-state index contributed by atoms with van der Waals surface area (Å²) in [7, 11) is 0. The first-order chi connectivity index (χ1) is 8.19. The molecular formula is C14H14Cl2S. The molecule has 1 atom stereocenters. The zero-order valence-corrected chi connectivity index (χ0v) is 11.9. The fourth-order valence-corrected chi connectivity index (χ4v) is 3.25. The van der Waals surface area contributed by atoms with Crippen LogP contribution >= 0.6 is 34.5 Å². The van der Waals surface area contributed by atoms with Gasteiger partial charge in [-0.15, -0.1) is 22.9 Å². The van der Waals surface area contributed by atoms with Crippen molar-refractivity contribution in [2.45, 2.75) is 25.1 Å². The van der Waals surface area contributed by atoms with Crippen LogP contribution in [0.25, 0.3) is 0 Å². The molecule has 0 N–H and O–H groups in total. The fourth-order valence-electron chi connectivity index (χ4n) is 1.72. The maximum atomic E-state index is 6.43. The van der Waals surface area contributed by atoms with Crippen LogP contribution in [0, 0.1) is 0 Å². The van der Waals surface area contributed by atoms with E-state index in [0.29, 0.717) is 0 Å². The molecule has 0 saturated heterocycles. The summed E-state index contributed by atoms with van der Waals surface area (Å²) in [6.07, 6.45) is 1.90. The van der Waals surface area contributed by atoms with Gasteiger partial charge in [0.05, 0.1) is 5.38 Å². The van der Waals surface area contributed by atoms with Gasteiger partial charge >= 0.3 is 0 Å². The third-order valence-corrected chi connectivity index (χ3v) is 4.74. The summed E-state index contributed by atoms with van der Waals surface area (Å²) in [5.74, 6) is 0. The Morgan fingerprint density at radius 3 is 2.71 bits per heavy atom. The molecule has 0 amide bonds. The minimum Gasteiger partial charge on any atom is -0.144 e. The lowest BCUT2D eigenvalue weighted by Gasteiger charge is -2.07. The predicted molar refractivity (Wildman–Crippen MR) is 77.4 cm³/mol. The van der Waals surface area contributed by atoms with Crippen molar-refractivity contribution in [2.24, 2.45) is 0 Å². The van der Waals surface area contributed by atoms with Crippen molar-refractivity contribution in [3.8, 4) is 0 Å². The van der Waals surface area contributed by atoms with Gasteiger partial charge in [-0.3, -0.25) is 0 Å². The number of aryl methyl sites for hydroxylation is 1. The minimum atomic E-state index is 0.0405. The lowest BCUT2D eigenvalue weighted by Crippen LogP contribution is -1.93. The van der Waals surface area contributed by atoms with E-state index < -0.39 is 0 Å². The Kier molecular flexibility index (Phi) is 4.49. The topological polar surface area (TPSA) is 0 Å². The van der Waals surface area contributed by atoms with Gasteiger partial charge in [-0.2, -0.15) is 0 Å². The highest BCUT2D eigenvalue weighted by atomic mass is 35.5. The van der Waals surface area contributed by atoms with Gasteiger partial charge in [0, 0.05) is 14.8 Å². The Labute approximate surface area is 116 Å². The summed E-state index contributed by atoms with van der Waals surface area (Å²) < 4.78 is 0. The lowest BCUT2D eigenvalue weighted by atomic mass is 10.1. The summed E-state index contributed by atoms with van der Waals surface area (Å²) in [6.45, 7) is 2.16. The van der Waals surface area contributed by atoms with Gasteiger partial charge in [-0.1, -0.05) is 30.7 Å². The van der Waals surface area contributed by atoms with Crippen molar-refractivity contribution < 1.29 is 0 Å². The van der Waals surface area contributed by atoms with Crippen molar-refractivity contribution in [3.05, 3.63) is 56.7 Å². The van der Waals surface area contributed by atoms with Crippen LogP contribution in [-0.2, 0) is 12.8 Å². The third kappa shape index (κ3) is 3.48. The first-order valence-corrected chi connectivity index (χ1v) is 7.29. The number of hydrogen-bond acceptors (Lipinski definition) is 1. The van der Waals surface area contributed by atoms with Crippen LogP contribution in [0.4, 0.5) is 0 Å². The normalized spacial score (nSPS) is 12.6. The molecule has 0 aliphatic rings. The molecule has 90 valence electrons. The van der Waals surface area contributed by atoms with Crippen LogP contribution in [-0.4, -0.2) is 0 Å². The monoisotopic (exact) mass is 284 g/mol. The minimum absolute atomic E-state index is 0.0405. The number of thiophene rings is 1. The summed E-state index contributed by atoms with van der Waals surface area (Å²) in [4.78, 5) is 2.63. The number of benzene rings is 1. The van der Waals surface area contributed by atoms with E-state index in [4.69, 9.17) is 23.2 Å². The van der Waals surface area contributed by atoms with E-state index in [0.717, 1.165) is 17.9 Å². The molecule has 2 rings (SSSR count). The lowest BCUT2D eigenvalue weighted by molar-refractivity contribution is 0.940. The van der Waals surface area contributed by atoms with E-state index in [1.54, 1.807) is 11.3 Å². The van der Waals surface area contributed by atoms with E-state index in [-0.39, 0.29) is 5.38 Å². The summed E-state index contributed by atoms with van der Waals surface area (Å²) in [6, 6.07) is 12.2. The molecule has 0 aliphatic heterocycles. The summed E-state index contributed by atoms with van der Waals surface area (Å²) in [5.41, 5.74) is 1.18. The van der Waals surface area contributed by atoms with Crippen LogP contribution < -0.4 is 0 Å². The first kappa shape index (κ1) is 12.9. The van der Waals surface area contributed by atoms with Crippen molar-refractivity contribution in [3.63, 3.8) is 0 Å². The predicted octanol–water partition coefficient (Wildman–Crippen LogP) is 5.49. The van der Waals surface area contributed by atoms with Crippen molar-refractivity contribution in [1.29, 1.82) is 0 Å². The second-order valence-electron chi connectivity index (χ2n) is 3.96. The van der Waals surface area contributed by atoms with Gasteiger partial charge in [0.25, 0.3) is 0 Å². The average Bonchev–Trinajstić information content (AvgIpc) is 2.77. The molecule has 0 aliphatic carbocycles. The molecule has 17 heavy (non-hydrogen) atoms. The smallest absolute Gasteiger partial charge is 0.0718 e. The van der Waals surface area contributed by atoms with E-state index in [9.17, 15) is 0 Å². The third-order valence-electron chi connectivity index (χ3n) is 2.64. The Hall–Kier alpha value is -0.500. The molecule has 1 unspecified atom stereocenters. The van der Waals surface area contributed by atoms with Gasteiger partial charge in [-0.05, 0) is 42.7 Å². The first-order valence-electron chi connectivity index (χ1n) is 5.66. The molecular weight excluding hydrogens is 271 g/mol. The Morgan fingerprint density at radius 2 is 2.06 bits per heavy atom. The molecule has 0 spiro atoms. The van der Waals surface area contributed by atoms with Crippen molar-refractivity contribution >= 4 is 34.5 Å². The Bertz CT molecular complexity index is 490. The summed E-state index contributed by atoms with van der Waals surface area (Å²) >= 11 is 14.2. The second-order valence-corrected chi connectivity index (χ2v) is 6.12. The average molecular weight is 285 g/mol. The molecule has 3 heteroatoms.